The fourth-order valence-electron chi connectivity index (χ4n) is 3.10. The van der Waals surface area contributed by atoms with Crippen molar-refractivity contribution in [1.29, 1.82) is 0 Å². The minimum atomic E-state index is 0.117. The zero-order valence-corrected chi connectivity index (χ0v) is 15.3. The second-order valence-electron chi connectivity index (χ2n) is 7.47. The highest BCUT2D eigenvalue weighted by Gasteiger charge is 2.29. The highest BCUT2D eigenvalue weighted by Crippen LogP contribution is 2.36. The molecule has 0 bridgehead atoms. The summed E-state index contributed by atoms with van der Waals surface area (Å²) in [7, 11) is 0. The van der Waals surface area contributed by atoms with Crippen LogP contribution in [0.1, 0.15) is 65.0 Å². The van der Waals surface area contributed by atoms with Gasteiger partial charge in [-0.3, -0.25) is 0 Å². The molecule has 1 N–H and O–H groups in total. The van der Waals surface area contributed by atoms with Crippen molar-refractivity contribution in [1.82, 2.24) is 10.3 Å². The summed E-state index contributed by atoms with van der Waals surface area (Å²) in [6.07, 6.45) is 2.57. The van der Waals surface area contributed by atoms with Crippen molar-refractivity contribution in [2.24, 2.45) is 5.92 Å². The van der Waals surface area contributed by atoms with E-state index in [0.29, 0.717) is 6.04 Å². The molecule has 2 rings (SSSR count). The second-order valence-corrected chi connectivity index (χ2v) is 8.53. The molecule has 0 aromatic carbocycles. The SMILES string of the molecule is CCNCc1sc(N2CCC(C)CC2C)nc1C(C)(C)C. The van der Waals surface area contributed by atoms with Crippen molar-refractivity contribution in [3.05, 3.63) is 10.6 Å². The van der Waals surface area contributed by atoms with Gasteiger partial charge in [0.1, 0.15) is 0 Å². The Hall–Kier alpha value is -0.610. The molecule has 2 heterocycles. The molecule has 1 fully saturated rings. The van der Waals surface area contributed by atoms with E-state index in [-0.39, 0.29) is 5.41 Å². The molecular weight excluding hydrogens is 278 g/mol. The molecule has 1 aliphatic heterocycles. The molecular formula is C17H31N3S. The van der Waals surface area contributed by atoms with Crippen LogP contribution in [0.5, 0.6) is 0 Å². The van der Waals surface area contributed by atoms with Crippen molar-refractivity contribution in [3.8, 4) is 0 Å². The van der Waals surface area contributed by atoms with Gasteiger partial charge in [-0.25, -0.2) is 4.98 Å². The summed E-state index contributed by atoms with van der Waals surface area (Å²) in [5, 5.41) is 4.69. The zero-order valence-electron chi connectivity index (χ0n) is 14.5. The minimum absolute atomic E-state index is 0.117. The molecule has 3 nitrogen and oxygen atoms in total. The van der Waals surface area contributed by atoms with Crippen molar-refractivity contribution >= 4 is 16.5 Å². The number of rotatable bonds is 4. The van der Waals surface area contributed by atoms with Crippen LogP contribution in [-0.4, -0.2) is 24.1 Å². The minimum Gasteiger partial charge on any atom is -0.345 e. The summed E-state index contributed by atoms with van der Waals surface area (Å²) in [5.74, 6) is 0.847. The summed E-state index contributed by atoms with van der Waals surface area (Å²) in [6.45, 7) is 16.8. The molecule has 1 saturated heterocycles. The first-order chi connectivity index (χ1) is 9.82. The van der Waals surface area contributed by atoms with Gasteiger partial charge in [0.05, 0.1) is 5.69 Å². The van der Waals surface area contributed by atoms with Crippen molar-refractivity contribution in [2.75, 3.05) is 18.0 Å². The summed E-state index contributed by atoms with van der Waals surface area (Å²) in [6, 6.07) is 0.611. The fourth-order valence-corrected chi connectivity index (χ4v) is 4.47. The van der Waals surface area contributed by atoms with Gasteiger partial charge in [-0.05, 0) is 32.2 Å². The predicted octanol–water partition coefficient (Wildman–Crippen LogP) is 4.17. The van der Waals surface area contributed by atoms with Gasteiger partial charge >= 0.3 is 0 Å². The van der Waals surface area contributed by atoms with E-state index in [1.54, 1.807) is 0 Å². The van der Waals surface area contributed by atoms with Crippen LogP contribution in [0.15, 0.2) is 0 Å². The van der Waals surface area contributed by atoms with Crippen LogP contribution in [0.2, 0.25) is 0 Å². The molecule has 2 unspecified atom stereocenters. The topological polar surface area (TPSA) is 28.2 Å². The van der Waals surface area contributed by atoms with Crippen LogP contribution in [-0.2, 0) is 12.0 Å². The zero-order chi connectivity index (χ0) is 15.6. The molecule has 1 aliphatic rings. The molecule has 0 radical (unpaired) electrons. The van der Waals surface area contributed by atoms with Crippen molar-refractivity contribution in [3.63, 3.8) is 0 Å². The summed E-state index contributed by atoms with van der Waals surface area (Å²) in [4.78, 5) is 8.97. The van der Waals surface area contributed by atoms with Crippen LogP contribution >= 0.6 is 11.3 Å². The van der Waals surface area contributed by atoms with E-state index in [1.807, 2.05) is 11.3 Å². The summed E-state index contributed by atoms with van der Waals surface area (Å²) >= 11 is 1.89. The number of anilines is 1. The number of nitrogens with one attached hydrogen (secondary N) is 1. The Bertz CT molecular complexity index is 461. The Morgan fingerprint density at radius 3 is 2.62 bits per heavy atom. The van der Waals surface area contributed by atoms with Gasteiger partial charge in [0.2, 0.25) is 0 Å². The molecule has 0 saturated carbocycles. The van der Waals surface area contributed by atoms with Gasteiger partial charge < -0.3 is 10.2 Å². The Labute approximate surface area is 134 Å². The number of piperidine rings is 1. The summed E-state index contributed by atoms with van der Waals surface area (Å²) < 4.78 is 0. The highest BCUT2D eigenvalue weighted by atomic mass is 32.1. The molecule has 21 heavy (non-hydrogen) atoms. The van der Waals surface area contributed by atoms with E-state index >= 15 is 0 Å². The molecule has 0 amide bonds. The van der Waals surface area contributed by atoms with E-state index in [9.17, 15) is 0 Å². The number of hydrogen-bond donors (Lipinski definition) is 1. The van der Waals surface area contributed by atoms with E-state index in [1.165, 1.54) is 28.5 Å². The average Bonchev–Trinajstić information content (AvgIpc) is 2.80. The van der Waals surface area contributed by atoms with Crippen LogP contribution in [0.25, 0.3) is 0 Å². The standard InChI is InChI=1S/C17H31N3S/c1-7-18-11-14-15(17(4,5)6)19-16(21-14)20-9-8-12(2)10-13(20)3/h12-13,18H,7-11H2,1-6H3. The molecule has 1 aromatic heterocycles. The van der Waals surface area contributed by atoms with Gasteiger partial charge in [0.15, 0.2) is 5.13 Å². The lowest BCUT2D eigenvalue weighted by molar-refractivity contribution is 0.377. The number of nitrogens with zero attached hydrogens (tertiary/aromatic N) is 2. The summed E-state index contributed by atoms with van der Waals surface area (Å²) in [5.41, 5.74) is 1.39. The van der Waals surface area contributed by atoms with E-state index < -0.39 is 0 Å². The van der Waals surface area contributed by atoms with Gasteiger partial charge in [0, 0.05) is 29.4 Å². The van der Waals surface area contributed by atoms with Gasteiger partial charge in [0.25, 0.3) is 0 Å². The van der Waals surface area contributed by atoms with Crippen LogP contribution in [0, 0.1) is 5.92 Å². The highest BCUT2D eigenvalue weighted by molar-refractivity contribution is 7.15. The molecule has 0 spiro atoms. The Kier molecular flexibility index (Phi) is 5.31. The molecule has 0 aliphatic carbocycles. The number of thiazole rings is 1. The van der Waals surface area contributed by atoms with Crippen LogP contribution in [0.3, 0.4) is 0 Å². The Morgan fingerprint density at radius 2 is 2.05 bits per heavy atom. The third-order valence-electron chi connectivity index (χ3n) is 4.32. The smallest absolute Gasteiger partial charge is 0.186 e. The fraction of sp³-hybridized carbons (Fsp3) is 0.824. The normalized spacial score (nSPS) is 23.6. The molecule has 120 valence electrons. The quantitative estimate of drug-likeness (QED) is 0.904. The van der Waals surface area contributed by atoms with Gasteiger partial charge in [-0.2, -0.15) is 0 Å². The van der Waals surface area contributed by atoms with Crippen LogP contribution < -0.4 is 10.2 Å². The maximum absolute atomic E-state index is 5.04. The first-order valence-electron chi connectivity index (χ1n) is 8.30. The van der Waals surface area contributed by atoms with Gasteiger partial charge in [-0.1, -0.05) is 34.6 Å². The van der Waals surface area contributed by atoms with E-state index in [4.69, 9.17) is 4.98 Å². The second kappa shape index (κ2) is 6.66. The first kappa shape index (κ1) is 16.8. The molecule has 2 atom stereocenters. The molecule has 1 aromatic rings. The van der Waals surface area contributed by atoms with Crippen LogP contribution in [0.4, 0.5) is 5.13 Å². The monoisotopic (exact) mass is 309 g/mol. The Balaban J connectivity index is 2.26. The number of hydrogen-bond acceptors (Lipinski definition) is 4. The molecule has 4 heteroatoms. The first-order valence-corrected chi connectivity index (χ1v) is 9.12. The van der Waals surface area contributed by atoms with E-state index in [0.717, 1.165) is 25.6 Å². The third kappa shape index (κ3) is 3.98. The largest absolute Gasteiger partial charge is 0.345 e. The lowest BCUT2D eigenvalue weighted by Gasteiger charge is -2.36. The average molecular weight is 310 g/mol. The maximum atomic E-state index is 5.04. The van der Waals surface area contributed by atoms with Crippen molar-refractivity contribution in [2.45, 2.75) is 72.4 Å². The Morgan fingerprint density at radius 1 is 1.33 bits per heavy atom. The van der Waals surface area contributed by atoms with Crippen molar-refractivity contribution < 1.29 is 0 Å². The lowest BCUT2D eigenvalue weighted by Crippen LogP contribution is -2.40. The predicted molar refractivity (Wildman–Crippen MR) is 93.4 cm³/mol. The third-order valence-corrected chi connectivity index (χ3v) is 5.41. The maximum Gasteiger partial charge on any atom is 0.186 e. The number of aromatic nitrogens is 1. The lowest BCUT2D eigenvalue weighted by atomic mass is 9.91. The van der Waals surface area contributed by atoms with Gasteiger partial charge in [-0.15, -0.1) is 11.3 Å². The van der Waals surface area contributed by atoms with E-state index in [2.05, 4.69) is 51.8 Å².